The van der Waals surface area contributed by atoms with Gasteiger partial charge in [0, 0.05) is 17.7 Å². The molecule has 16 heavy (non-hydrogen) atoms. The van der Waals surface area contributed by atoms with E-state index in [-0.39, 0.29) is 12.2 Å². The molecule has 0 aliphatic carbocycles. The van der Waals surface area contributed by atoms with Crippen LogP contribution < -0.4 is 0 Å². The van der Waals surface area contributed by atoms with Gasteiger partial charge >= 0.3 is 5.97 Å². The van der Waals surface area contributed by atoms with Crippen LogP contribution >= 0.6 is 0 Å². The molecule has 2 nitrogen and oxygen atoms in total. The molecule has 1 aromatic carbocycles. The molecule has 0 saturated heterocycles. The number of ether oxygens (including phenoxy) is 1. The molecule has 0 saturated carbocycles. The summed E-state index contributed by atoms with van der Waals surface area (Å²) < 4.78 is 30.8. The third kappa shape index (κ3) is 3.15. The third-order valence-electron chi connectivity index (χ3n) is 1.96. The molecule has 1 rings (SSSR count). The first kappa shape index (κ1) is 12.4. The zero-order chi connectivity index (χ0) is 12.1. The second-order valence-electron chi connectivity index (χ2n) is 3.21. The van der Waals surface area contributed by atoms with Crippen LogP contribution in [-0.2, 0) is 9.53 Å². The van der Waals surface area contributed by atoms with Crippen molar-refractivity contribution in [2.24, 2.45) is 0 Å². The van der Waals surface area contributed by atoms with Gasteiger partial charge in [0.25, 0.3) is 0 Å². The molecular weight excluding hydrogens is 214 g/mol. The van der Waals surface area contributed by atoms with Crippen LogP contribution in [0.25, 0.3) is 6.08 Å². The number of carbonyl (C=O) groups is 1. The summed E-state index contributed by atoms with van der Waals surface area (Å²) in [5, 5.41) is 0. The molecule has 1 aromatic rings. The highest BCUT2D eigenvalue weighted by molar-refractivity contribution is 5.87. The average Bonchev–Trinajstić information content (AvgIpc) is 2.22. The molecule has 0 spiro atoms. The van der Waals surface area contributed by atoms with E-state index >= 15 is 0 Å². The maximum Gasteiger partial charge on any atom is 0.330 e. The van der Waals surface area contributed by atoms with Crippen LogP contribution in [0, 0.1) is 18.6 Å². The predicted molar refractivity (Wildman–Crippen MR) is 56.8 cm³/mol. The Morgan fingerprint density at radius 1 is 1.38 bits per heavy atom. The van der Waals surface area contributed by atoms with Crippen molar-refractivity contribution in [1.29, 1.82) is 0 Å². The smallest absolute Gasteiger partial charge is 0.330 e. The molecule has 0 heterocycles. The van der Waals surface area contributed by atoms with E-state index in [1.165, 1.54) is 19.1 Å². The van der Waals surface area contributed by atoms with Crippen molar-refractivity contribution >= 4 is 12.0 Å². The van der Waals surface area contributed by atoms with Crippen molar-refractivity contribution in [1.82, 2.24) is 0 Å². The molecule has 4 heteroatoms. The molecule has 0 radical (unpaired) electrons. The largest absolute Gasteiger partial charge is 0.463 e. The molecule has 0 amide bonds. The van der Waals surface area contributed by atoms with Crippen LogP contribution in [0.2, 0.25) is 0 Å². The van der Waals surface area contributed by atoms with E-state index in [1.54, 1.807) is 6.92 Å². The SMILES string of the molecule is CCOC(=O)C=Cc1cc(C)c(F)cc1F. The Labute approximate surface area is 92.5 Å². The molecule has 0 bridgehead atoms. The molecule has 0 aliphatic heterocycles. The van der Waals surface area contributed by atoms with Crippen LogP contribution in [0.15, 0.2) is 18.2 Å². The molecule has 0 fully saturated rings. The quantitative estimate of drug-likeness (QED) is 0.585. The van der Waals surface area contributed by atoms with Crippen molar-refractivity contribution in [2.45, 2.75) is 13.8 Å². The predicted octanol–water partition coefficient (Wildman–Crippen LogP) is 2.85. The van der Waals surface area contributed by atoms with E-state index in [2.05, 4.69) is 4.74 Å². The minimum absolute atomic E-state index is 0.159. The standard InChI is InChI=1S/C12H12F2O2/c1-3-16-12(15)5-4-9-6-8(2)10(13)7-11(9)14/h4-7H,3H2,1-2H3. The molecule has 0 atom stereocenters. The van der Waals surface area contributed by atoms with E-state index in [1.807, 2.05) is 0 Å². The van der Waals surface area contributed by atoms with Crippen molar-refractivity contribution in [3.63, 3.8) is 0 Å². The lowest BCUT2D eigenvalue weighted by Gasteiger charge is -2.01. The maximum atomic E-state index is 13.2. The molecule has 0 aliphatic rings. The lowest BCUT2D eigenvalue weighted by Crippen LogP contribution is -1.99. The number of hydrogen-bond donors (Lipinski definition) is 0. The van der Waals surface area contributed by atoms with Gasteiger partial charge in [-0.2, -0.15) is 0 Å². The summed E-state index contributed by atoms with van der Waals surface area (Å²) in [6, 6.07) is 2.13. The molecule has 0 unspecified atom stereocenters. The fraction of sp³-hybridized carbons (Fsp3) is 0.250. The summed E-state index contributed by atoms with van der Waals surface area (Å²) in [4.78, 5) is 11.0. The summed E-state index contributed by atoms with van der Waals surface area (Å²) in [7, 11) is 0. The van der Waals surface area contributed by atoms with Crippen LogP contribution in [0.5, 0.6) is 0 Å². The van der Waals surface area contributed by atoms with Gasteiger partial charge in [0.1, 0.15) is 11.6 Å². The number of benzene rings is 1. The molecule has 0 aromatic heterocycles. The van der Waals surface area contributed by atoms with Crippen LogP contribution in [0.4, 0.5) is 8.78 Å². The summed E-state index contributed by atoms with van der Waals surface area (Å²) >= 11 is 0. The Kier molecular flexibility index (Phi) is 4.17. The first-order chi connectivity index (χ1) is 7.54. The van der Waals surface area contributed by atoms with Crippen molar-refractivity contribution in [3.8, 4) is 0 Å². The van der Waals surface area contributed by atoms with Gasteiger partial charge in [-0.05, 0) is 31.6 Å². The second-order valence-corrected chi connectivity index (χ2v) is 3.21. The topological polar surface area (TPSA) is 26.3 Å². The van der Waals surface area contributed by atoms with Gasteiger partial charge in [-0.1, -0.05) is 0 Å². The summed E-state index contributed by atoms with van der Waals surface area (Å²) in [6.07, 6.45) is 2.37. The number of carbonyl (C=O) groups excluding carboxylic acids is 1. The third-order valence-corrected chi connectivity index (χ3v) is 1.96. The Morgan fingerprint density at radius 3 is 2.69 bits per heavy atom. The average molecular weight is 226 g/mol. The maximum absolute atomic E-state index is 13.2. The first-order valence-corrected chi connectivity index (χ1v) is 4.85. The van der Waals surface area contributed by atoms with Crippen molar-refractivity contribution < 1.29 is 18.3 Å². The lowest BCUT2D eigenvalue weighted by molar-refractivity contribution is -0.137. The number of rotatable bonds is 3. The lowest BCUT2D eigenvalue weighted by atomic mass is 10.1. The Bertz CT molecular complexity index is 425. The van der Waals surface area contributed by atoms with Crippen molar-refractivity contribution in [3.05, 3.63) is 41.0 Å². The highest BCUT2D eigenvalue weighted by atomic mass is 19.1. The van der Waals surface area contributed by atoms with E-state index in [4.69, 9.17) is 0 Å². The number of aryl methyl sites for hydroxylation is 1. The fourth-order valence-corrected chi connectivity index (χ4v) is 1.16. The Hall–Kier alpha value is -1.71. The van der Waals surface area contributed by atoms with Gasteiger partial charge in [-0.25, -0.2) is 13.6 Å². The van der Waals surface area contributed by atoms with E-state index in [0.29, 0.717) is 5.56 Å². The zero-order valence-corrected chi connectivity index (χ0v) is 9.09. The van der Waals surface area contributed by atoms with Gasteiger partial charge in [0.2, 0.25) is 0 Å². The molecule has 0 N–H and O–H groups in total. The summed E-state index contributed by atoms with van der Waals surface area (Å²) in [5.74, 6) is -1.86. The molecule has 86 valence electrons. The molecular formula is C12H12F2O2. The zero-order valence-electron chi connectivity index (χ0n) is 9.09. The van der Waals surface area contributed by atoms with Crippen LogP contribution in [-0.4, -0.2) is 12.6 Å². The van der Waals surface area contributed by atoms with Crippen LogP contribution in [0.3, 0.4) is 0 Å². The van der Waals surface area contributed by atoms with Crippen LogP contribution in [0.1, 0.15) is 18.1 Å². The minimum atomic E-state index is -0.705. The first-order valence-electron chi connectivity index (χ1n) is 4.85. The van der Waals surface area contributed by atoms with Crippen molar-refractivity contribution in [2.75, 3.05) is 6.61 Å². The Balaban J connectivity index is 2.89. The fourth-order valence-electron chi connectivity index (χ4n) is 1.16. The van der Waals surface area contributed by atoms with Gasteiger partial charge < -0.3 is 4.74 Å². The van der Waals surface area contributed by atoms with E-state index < -0.39 is 17.6 Å². The normalized spacial score (nSPS) is 10.8. The number of halogens is 2. The highest BCUT2D eigenvalue weighted by Crippen LogP contribution is 2.15. The second kappa shape index (κ2) is 5.39. The van der Waals surface area contributed by atoms with E-state index in [0.717, 1.165) is 12.1 Å². The number of esters is 1. The van der Waals surface area contributed by atoms with Gasteiger partial charge in [-0.15, -0.1) is 0 Å². The van der Waals surface area contributed by atoms with Gasteiger partial charge in [0.05, 0.1) is 6.61 Å². The number of hydrogen-bond acceptors (Lipinski definition) is 2. The summed E-state index contributed by atoms with van der Waals surface area (Å²) in [5.41, 5.74) is 0.483. The van der Waals surface area contributed by atoms with Gasteiger partial charge in [-0.3, -0.25) is 0 Å². The minimum Gasteiger partial charge on any atom is -0.463 e. The Morgan fingerprint density at radius 2 is 2.06 bits per heavy atom. The van der Waals surface area contributed by atoms with Gasteiger partial charge in [0.15, 0.2) is 0 Å². The highest BCUT2D eigenvalue weighted by Gasteiger charge is 2.05. The van der Waals surface area contributed by atoms with E-state index in [9.17, 15) is 13.6 Å². The monoisotopic (exact) mass is 226 g/mol. The summed E-state index contributed by atoms with van der Waals surface area (Å²) in [6.45, 7) is 3.46.